The van der Waals surface area contributed by atoms with E-state index in [-0.39, 0.29) is 0 Å². The van der Waals surface area contributed by atoms with Gasteiger partial charge in [0.15, 0.2) is 0 Å². The van der Waals surface area contributed by atoms with Gasteiger partial charge in [0.1, 0.15) is 0 Å². The molecule has 0 atom stereocenters. The number of hydrogen-bond acceptors (Lipinski definition) is 2. The first-order valence-electron chi connectivity index (χ1n) is 6.90. The molecule has 0 unspecified atom stereocenters. The molecule has 1 heterocycles. The van der Waals surface area contributed by atoms with E-state index in [0.717, 1.165) is 18.5 Å². The van der Waals surface area contributed by atoms with Crippen LogP contribution in [0.1, 0.15) is 16.9 Å². The van der Waals surface area contributed by atoms with Gasteiger partial charge in [0.05, 0.1) is 0 Å². The molecule has 0 spiro atoms. The molecule has 1 aromatic heterocycles. The zero-order valence-electron chi connectivity index (χ0n) is 11.1. The van der Waals surface area contributed by atoms with Crippen LogP contribution in [0, 0.1) is 0 Å². The molecule has 0 saturated carbocycles. The minimum Gasteiger partial charge on any atom is -0.398 e. The summed E-state index contributed by atoms with van der Waals surface area (Å²) in [6.45, 7) is 0. The van der Waals surface area contributed by atoms with Gasteiger partial charge in [-0.05, 0) is 41.5 Å². The molecule has 0 aliphatic heterocycles. The molecule has 3 aromatic rings. The van der Waals surface area contributed by atoms with Gasteiger partial charge in [0.2, 0.25) is 0 Å². The summed E-state index contributed by atoms with van der Waals surface area (Å²) in [6, 6.07) is 14.7. The second kappa shape index (κ2) is 4.50. The third-order valence-corrected chi connectivity index (χ3v) is 5.15. The summed E-state index contributed by atoms with van der Waals surface area (Å²) in [5.74, 6) is 0. The normalized spacial score (nSPS) is 13.6. The van der Waals surface area contributed by atoms with Crippen LogP contribution in [0.5, 0.6) is 0 Å². The van der Waals surface area contributed by atoms with Crippen molar-refractivity contribution in [3.05, 3.63) is 59.0 Å². The van der Waals surface area contributed by atoms with E-state index in [0.29, 0.717) is 0 Å². The molecule has 0 amide bonds. The smallest absolute Gasteiger partial charge is 0.0451 e. The minimum absolute atomic E-state index is 0.867. The maximum Gasteiger partial charge on any atom is 0.0451 e. The first-order valence-corrected chi connectivity index (χ1v) is 7.72. The average Bonchev–Trinajstić information content (AvgIpc) is 2.86. The highest BCUT2D eigenvalue weighted by atomic mass is 32.1. The fourth-order valence-corrected chi connectivity index (χ4v) is 4.32. The Hall–Kier alpha value is -2.06. The number of anilines is 1. The van der Waals surface area contributed by atoms with Crippen LogP contribution in [0.2, 0.25) is 0 Å². The largest absolute Gasteiger partial charge is 0.398 e. The van der Waals surface area contributed by atoms with Crippen LogP contribution in [-0.2, 0) is 6.42 Å². The molecule has 0 radical (unpaired) electrons. The first kappa shape index (κ1) is 11.7. The molecule has 2 heteroatoms. The van der Waals surface area contributed by atoms with Crippen molar-refractivity contribution in [1.29, 1.82) is 0 Å². The van der Waals surface area contributed by atoms with Crippen molar-refractivity contribution < 1.29 is 0 Å². The molecule has 0 bridgehead atoms. The summed E-state index contributed by atoms with van der Waals surface area (Å²) in [6.07, 6.45) is 6.81. The summed E-state index contributed by atoms with van der Waals surface area (Å²) in [5, 5.41) is 1.38. The summed E-state index contributed by atoms with van der Waals surface area (Å²) in [5.41, 5.74) is 11.0. The summed E-state index contributed by atoms with van der Waals surface area (Å²) in [7, 11) is 0. The monoisotopic (exact) mass is 277 g/mol. The lowest BCUT2D eigenvalue weighted by atomic mass is 9.97. The van der Waals surface area contributed by atoms with Crippen molar-refractivity contribution in [1.82, 2.24) is 0 Å². The lowest BCUT2D eigenvalue weighted by Crippen LogP contribution is -1.91. The zero-order chi connectivity index (χ0) is 13.5. The lowest BCUT2D eigenvalue weighted by molar-refractivity contribution is 1.01. The van der Waals surface area contributed by atoms with E-state index in [2.05, 4.69) is 48.6 Å². The van der Waals surface area contributed by atoms with Crippen LogP contribution in [-0.4, -0.2) is 0 Å². The molecular weight excluding hydrogens is 262 g/mol. The first-order chi connectivity index (χ1) is 9.84. The van der Waals surface area contributed by atoms with Crippen molar-refractivity contribution in [2.45, 2.75) is 12.8 Å². The van der Waals surface area contributed by atoms with Crippen LogP contribution in [0.15, 0.2) is 48.5 Å². The summed E-state index contributed by atoms with van der Waals surface area (Å²) < 4.78 is 1.33. The van der Waals surface area contributed by atoms with Crippen LogP contribution in [0.25, 0.3) is 27.3 Å². The van der Waals surface area contributed by atoms with E-state index in [1.165, 1.54) is 31.7 Å². The van der Waals surface area contributed by atoms with Crippen molar-refractivity contribution in [3.8, 4) is 11.1 Å². The fourth-order valence-electron chi connectivity index (χ4n) is 2.96. The Labute approximate surface area is 122 Å². The maximum atomic E-state index is 6.27. The van der Waals surface area contributed by atoms with Gasteiger partial charge in [-0.15, -0.1) is 11.3 Å². The summed E-state index contributed by atoms with van der Waals surface area (Å²) in [4.78, 5) is 1.40. The number of aryl methyl sites for hydroxylation is 1. The number of hydrogen-bond donors (Lipinski definition) is 1. The van der Waals surface area contributed by atoms with Crippen molar-refractivity contribution >= 4 is 33.2 Å². The number of nitrogen functional groups attached to an aromatic ring is 1. The molecule has 1 aliphatic carbocycles. The number of rotatable bonds is 1. The van der Waals surface area contributed by atoms with E-state index >= 15 is 0 Å². The van der Waals surface area contributed by atoms with E-state index in [1.54, 1.807) is 0 Å². The molecule has 1 nitrogen and oxygen atoms in total. The van der Waals surface area contributed by atoms with Gasteiger partial charge in [-0.2, -0.15) is 0 Å². The molecule has 2 aromatic carbocycles. The highest BCUT2D eigenvalue weighted by Crippen LogP contribution is 2.43. The predicted molar refractivity (Wildman–Crippen MR) is 89.0 cm³/mol. The number of fused-ring (bicyclic) bond motifs is 3. The van der Waals surface area contributed by atoms with Crippen LogP contribution < -0.4 is 5.73 Å². The predicted octanol–water partition coefficient (Wildman–Crippen LogP) is 5.11. The van der Waals surface area contributed by atoms with Crippen LogP contribution in [0.3, 0.4) is 0 Å². The summed E-state index contributed by atoms with van der Waals surface area (Å²) >= 11 is 1.87. The number of allylic oxidation sites excluding steroid dienone is 1. The highest BCUT2D eigenvalue weighted by molar-refractivity contribution is 7.20. The molecule has 0 fully saturated rings. The van der Waals surface area contributed by atoms with Gasteiger partial charge >= 0.3 is 0 Å². The Balaban J connectivity index is 2.08. The Morgan fingerprint density at radius 1 is 1.00 bits per heavy atom. The third-order valence-electron chi connectivity index (χ3n) is 3.92. The second-order valence-electron chi connectivity index (χ2n) is 5.16. The van der Waals surface area contributed by atoms with Gasteiger partial charge in [-0.25, -0.2) is 0 Å². The topological polar surface area (TPSA) is 26.0 Å². The van der Waals surface area contributed by atoms with Crippen LogP contribution >= 0.6 is 11.3 Å². The van der Waals surface area contributed by atoms with Crippen molar-refractivity contribution in [2.75, 3.05) is 5.73 Å². The molecule has 4 rings (SSSR count). The fraction of sp³-hybridized carbons (Fsp3) is 0.111. The Bertz CT molecular complexity index is 812. The average molecular weight is 277 g/mol. The zero-order valence-corrected chi connectivity index (χ0v) is 11.9. The number of thiophene rings is 1. The third kappa shape index (κ3) is 1.69. The van der Waals surface area contributed by atoms with E-state index in [1.807, 2.05) is 17.4 Å². The van der Waals surface area contributed by atoms with Gasteiger partial charge < -0.3 is 5.73 Å². The standard InChI is InChI=1S/C18H15NS/c19-15-11-10-14-13-8-4-5-9-16(13)20-18(14)17(15)12-6-2-1-3-7-12/h1-3,5-7,9-11H,4,8,19H2. The van der Waals surface area contributed by atoms with E-state index in [4.69, 9.17) is 5.73 Å². The maximum absolute atomic E-state index is 6.27. The second-order valence-corrected chi connectivity index (χ2v) is 6.21. The SMILES string of the molecule is Nc1ccc2c3c(sc2c1-c1ccccc1)C=CCC3. The Kier molecular flexibility index (Phi) is 2.64. The van der Waals surface area contributed by atoms with Gasteiger partial charge in [0.25, 0.3) is 0 Å². The van der Waals surface area contributed by atoms with E-state index < -0.39 is 0 Å². The van der Waals surface area contributed by atoms with Gasteiger partial charge in [-0.3, -0.25) is 0 Å². The molecule has 2 N–H and O–H groups in total. The lowest BCUT2D eigenvalue weighted by Gasteiger charge is -2.08. The molecule has 1 aliphatic rings. The van der Waals surface area contributed by atoms with Crippen molar-refractivity contribution in [2.24, 2.45) is 0 Å². The number of benzene rings is 2. The highest BCUT2D eigenvalue weighted by Gasteiger charge is 2.17. The molecule has 0 saturated heterocycles. The Morgan fingerprint density at radius 3 is 2.70 bits per heavy atom. The molecule has 20 heavy (non-hydrogen) atoms. The molecular formula is C18H15NS. The van der Waals surface area contributed by atoms with Crippen LogP contribution in [0.4, 0.5) is 5.69 Å². The number of nitrogens with two attached hydrogens (primary N) is 1. The van der Waals surface area contributed by atoms with E-state index in [9.17, 15) is 0 Å². The molecule has 98 valence electrons. The van der Waals surface area contributed by atoms with Gasteiger partial charge in [0, 0.05) is 20.8 Å². The van der Waals surface area contributed by atoms with Gasteiger partial charge in [-0.1, -0.05) is 42.5 Å². The Morgan fingerprint density at radius 2 is 1.85 bits per heavy atom. The quantitative estimate of drug-likeness (QED) is 0.614. The van der Waals surface area contributed by atoms with Crippen molar-refractivity contribution in [3.63, 3.8) is 0 Å². The minimum atomic E-state index is 0.867.